The molecule has 0 bridgehead atoms. The summed E-state index contributed by atoms with van der Waals surface area (Å²) in [5, 5.41) is 0. The molecule has 0 aromatic carbocycles. The average molecular weight is 177 g/mol. The smallest absolute Gasteiger partial charge is 0.232 e. The van der Waals surface area contributed by atoms with Crippen molar-refractivity contribution in [1.82, 2.24) is 9.97 Å². The van der Waals surface area contributed by atoms with E-state index in [1.54, 1.807) is 11.9 Å². The molecule has 68 valence electrons. The van der Waals surface area contributed by atoms with Crippen molar-refractivity contribution in [2.24, 2.45) is 0 Å². The van der Waals surface area contributed by atoms with Crippen LogP contribution in [0.2, 0.25) is 0 Å². The number of anilines is 1. The van der Waals surface area contributed by atoms with Crippen molar-refractivity contribution < 1.29 is 4.79 Å². The molecule has 2 heterocycles. The van der Waals surface area contributed by atoms with Crippen LogP contribution in [0.3, 0.4) is 0 Å². The second-order valence-electron chi connectivity index (χ2n) is 3.29. The van der Waals surface area contributed by atoms with Crippen LogP contribution in [0.15, 0.2) is 0 Å². The summed E-state index contributed by atoms with van der Waals surface area (Å²) in [7, 11) is 1.75. The van der Waals surface area contributed by atoms with Crippen molar-refractivity contribution in [3.8, 4) is 0 Å². The summed E-state index contributed by atoms with van der Waals surface area (Å²) in [6.07, 6.45) is 0.442. The van der Waals surface area contributed by atoms with Crippen molar-refractivity contribution in [1.29, 1.82) is 0 Å². The molecule has 0 spiro atoms. The molecule has 0 radical (unpaired) electrons. The van der Waals surface area contributed by atoms with Gasteiger partial charge in [-0.25, -0.2) is 9.97 Å². The molecule has 1 aromatic heterocycles. The number of hydrogen-bond acceptors (Lipinski definition) is 3. The Labute approximate surface area is 76.6 Å². The van der Waals surface area contributed by atoms with Gasteiger partial charge in [-0.05, 0) is 13.8 Å². The van der Waals surface area contributed by atoms with E-state index in [0.29, 0.717) is 6.42 Å². The van der Waals surface area contributed by atoms with Gasteiger partial charge in [0, 0.05) is 18.3 Å². The van der Waals surface area contributed by atoms with Crippen LogP contribution in [0.1, 0.15) is 17.1 Å². The van der Waals surface area contributed by atoms with Gasteiger partial charge in [0.1, 0.15) is 11.6 Å². The molecule has 2 rings (SSSR count). The van der Waals surface area contributed by atoms with Gasteiger partial charge >= 0.3 is 0 Å². The van der Waals surface area contributed by atoms with Gasteiger partial charge in [0.25, 0.3) is 0 Å². The van der Waals surface area contributed by atoms with Crippen molar-refractivity contribution in [2.45, 2.75) is 20.3 Å². The van der Waals surface area contributed by atoms with Gasteiger partial charge in [-0.2, -0.15) is 0 Å². The van der Waals surface area contributed by atoms with Gasteiger partial charge in [0.2, 0.25) is 5.91 Å². The van der Waals surface area contributed by atoms with Crippen LogP contribution in [-0.4, -0.2) is 22.9 Å². The normalized spacial score (nSPS) is 15.0. The lowest BCUT2D eigenvalue weighted by molar-refractivity contribution is -0.117. The largest absolute Gasteiger partial charge is 0.299 e. The molecule has 4 heteroatoms. The highest BCUT2D eigenvalue weighted by Gasteiger charge is 2.27. The maximum atomic E-state index is 11.4. The summed E-state index contributed by atoms with van der Waals surface area (Å²) in [6.45, 7) is 3.75. The van der Waals surface area contributed by atoms with E-state index in [1.807, 2.05) is 13.8 Å². The van der Waals surface area contributed by atoms with Gasteiger partial charge in [-0.1, -0.05) is 0 Å². The number of nitrogens with zero attached hydrogens (tertiary/aromatic N) is 3. The summed E-state index contributed by atoms with van der Waals surface area (Å²) >= 11 is 0. The molecule has 0 aliphatic carbocycles. The van der Waals surface area contributed by atoms with E-state index in [1.165, 1.54) is 0 Å². The Morgan fingerprint density at radius 1 is 1.31 bits per heavy atom. The highest BCUT2D eigenvalue weighted by molar-refractivity contribution is 5.99. The third-order valence-corrected chi connectivity index (χ3v) is 2.32. The number of likely N-dealkylation sites (N-methyl/N-ethyl adjacent to an activating group) is 1. The van der Waals surface area contributed by atoms with Gasteiger partial charge in [0.15, 0.2) is 0 Å². The Balaban J connectivity index is 2.63. The van der Waals surface area contributed by atoms with E-state index in [2.05, 4.69) is 9.97 Å². The molecule has 0 saturated carbocycles. The summed E-state index contributed by atoms with van der Waals surface area (Å²) in [5.41, 5.74) is 1.89. The lowest BCUT2D eigenvalue weighted by Crippen LogP contribution is -2.21. The number of aromatic nitrogens is 2. The van der Waals surface area contributed by atoms with Gasteiger partial charge < -0.3 is 0 Å². The van der Waals surface area contributed by atoms with Crippen LogP contribution < -0.4 is 4.90 Å². The molecule has 0 N–H and O–H groups in total. The number of fused-ring (bicyclic) bond motifs is 1. The van der Waals surface area contributed by atoms with E-state index >= 15 is 0 Å². The lowest BCUT2D eigenvalue weighted by Gasteiger charge is -2.09. The molecule has 1 aliphatic heterocycles. The van der Waals surface area contributed by atoms with Gasteiger partial charge in [-0.15, -0.1) is 0 Å². The Morgan fingerprint density at radius 3 is 2.69 bits per heavy atom. The van der Waals surface area contributed by atoms with Crippen LogP contribution in [0.4, 0.5) is 5.82 Å². The minimum atomic E-state index is 0.0954. The molecular formula is C9H11N3O. The Hall–Kier alpha value is -1.45. The second kappa shape index (κ2) is 2.52. The molecule has 0 fully saturated rings. The zero-order valence-electron chi connectivity index (χ0n) is 7.96. The summed E-state index contributed by atoms with van der Waals surface area (Å²) < 4.78 is 0. The summed E-state index contributed by atoms with van der Waals surface area (Å²) in [6, 6.07) is 0. The first-order valence-electron chi connectivity index (χ1n) is 4.20. The van der Waals surface area contributed by atoms with Crippen LogP contribution in [-0.2, 0) is 11.2 Å². The zero-order chi connectivity index (χ0) is 9.59. The maximum absolute atomic E-state index is 11.4. The second-order valence-corrected chi connectivity index (χ2v) is 3.29. The third-order valence-electron chi connectivity index (χ3n) is 2.32. The predicted octanol–water partition coefficient (Wildman–Crippen LogP) is 0.612. The molecule has 0 atom stereocenters. The van der Waals surface area contributed by atoms with Crippen molar-refractivity contribution in [2.75, 3.05) is 11.9 Å². The zero-order valence-corrected chi connectivity index (χ0v) is 7.96. The van der Waals surface area contributed by atoms with E-state index in [4.69, 9.17) is 0 Å². The monoisotopic (exact) mass is 177 g/mol. The lowest BCUT2D eigenvalue weighted by atomic mass is 10.2. The standard InChI is InChI=1S/C9H11N3O/c1-5-7-4-8(13)12(3)9(7)11-6(2)10-5/h4H2,1-3H3. The van der Waals surface area contributed by atoms with Crippen LogP contribution in [0.25, 0.3) is 0 Å². The fourth-order valence-corrected chi connectivity index (χ4v) is 1.59. The SMILES string of the molecule is Cc1nc(C)c2c(n1)N(C)C(=O)C2. The Kier molecular flexibility index (Phi) is 1.58. The summed E-state index contributed by atoms with van der Waals surface area (Å²) in [5.74, 6) is 1.59. The molecule has 0 unspecified atom stereocenters. The third kappa shape index (κ3) is 1.09. The minimum absolute atomic E-state index is 0.0954. The molecule has 13 heavy (non-hydrogen) atoms. The van der Waals surface area contributed by atoms with E-state index in [0.717, 1.165) is 22.9 Å². The van der Waals surface area contributed by atoms with E-state index in [9.17, 15) is 4.79 Å². The fourth-order valence-electron chi connectivity index (χ4n) is 1.59. The predicted molar refractivity (Wildman–Crippen MR) is 48.6 cm³/mol. The van der Waals surface area contributed by atoms with Crippen LogP contribution in [0.5, 0.6) is 0 Å². The van der Waals surface area contributed by atoms with Crippen LogP contribution in [0, 0.1) is 13.8 Å². The highest BCUT2D eigenvalue weighted by atomic mass is 16.2. The Bertz CT molecular complexity index is 387. The molecule has 1 aromatic rings. The van der Waals surface area contributed by atoms with Crippen molar-refractivity contribution in [3.05, 3.63) is 17.1 Å². The van der Waals surface area contributed by atoms with E-state index in [-0.39, 0.29) is 5.91 Å². The fraction of sp³-hybridized carbons (Fsp3) is 0.444. The number of carbonyl (C=O) groups excluding carboxylic acids is 1. The number of aryl methyl sites for hydroxylation is 2. The molecular weight excluding hydrogens is 166 g/mol. The first kappa shape index (κ1) is 8.16. The molecule has 1 aliphatic rings. The van der Waals surface area contributed by atoms with Crippen molar-refractivity contribution >= 4 is 11.7 Å². The molecule has 0 saturated heterocycles. The highest BCUT2D eigenvalue weighted by Crippen LogP contribution is 2.26. The number of carbonyl (C=O) groups is 1. The van der Waals surface area contributed by atoms with E-state index < -0.39 is 0 Å². The quantitative estimate of drug-likeness (QED) is 0.583. The molecule has 1 amide bonds. The average Bonchev–Trinajstić information content (AvgIpc) is 2.32. The van der Waals surface area contributed by atoms with Crippen molar-refractivity contribution in [3.63, 3.8) is 0 Å². The first-order valence-corrected chi connectivity index (χ1v) is 4.20. The Morgan fingerprint density at radius 2 is 2.00 bits per heavy atom. The topological polar surface area (TPSA) is 46.1 Å². The van der Waals surface area contributed by atoms with Gasteiger partial charge in [0.05, 0.1) is 6.42 Å². The van der Waals surface area contributed by atoms with Crippen LogP contribution >= 0.6 is 0 Å². The van der Waals surface area contributed by atoms with Gasteiger partial charge in [-0.3, -0.25) is 9.69 Å². The molecule has 4 nitrogen and oxygen atoms in total. The summed E-state index contributed by atoms with van der Waals surface area (Å²) in [4.78, 5) is 21.4. The first-order chi connectivity index (χ1) is 6.09. The number of hydrogen-bond donors (Lipinski definition) is 0. The maximum Gasteiger partial charge on any atom is 0.232 e. The number of rotatable bonds is 0. The minimum Gasteiger partial charge on any atom is -0.299 e. The number of amides is 1.